The summed E-state index contributed by atoms with van der Waals surface area (Å²) in [5.74, 6) is -0.571. The molecule has 0 radical (unpaired) electrons. The molecule has 94 valence electrons. The molecule has 0 amide bonds. The molecule has 0 saturated carbocycles. The average Bonchev–Trinajstić information content (AvgIpc) is 2.26. The molecule has 0 fully saturated rings. The highest BCUT2D eigenvalue weighted by Gasteiger charge is 2.13. The standard InChI is InChI=1S/C10H14BFO5/c1-2-15-5-6-16-10-4-3-8(7-9(10)12)17-11(13)14/h3-4,7,13-14H,2,5-6H2,1H3. The number of hydrogen-bond donors (Lipinski definition) is 2. The molecule has 1 aromatic carbocycles. The first kappa shape index (κ1) is 13.8. The fraction of sp³-hybridized carbons (Fsp3) is 0.400. The maximum absolute atomic E-state index is 13.4. The third-order valence-electron chi connectivity index (χ3n) is 1.83. The molecular weight excluding hydrogens is 230 g/mol. The van der Waals surface area contributed by atoms with Gasteiger partial charge in [-0.05, 0) is 19.1 Å². The first-order valence-corrected chi connectivity index (χ1v) is 5.16. The molecule has 5 nitrogen and oxygen atoms in total. The van der Waals surface area contributed by atoms with Crippen LogP contribution in [0.2, 0.25) is 0 Å². The van der Waals surface area contributed by atoms with Crippen LogP contribution >= 0.6 is 0 Å². The summed E-state index contributed by atoms with van der Waals surface area (Å²) >= 11 is 0. The van der Waals surface area contributed by atoms with E-state index < -0.39 is 13.1 Å². The highest BCUT2D eigenvalue weighted by molar-refractivity contribution is 6.33. The minimum Gasteiger partial charge on any atom is -0.512 e. The molecular formula is C10H14BFO5. The lowest BCUT2D eigenvalue weighted by atomic mass is 10.2. The number of hydrogen-bond acceptors (Lipinski definition) is 5. The molecule has 0 bridgehead atoms. The summed E-state index contributed by atoms with van der Waals surface area (Å²) in [6.45, 7) is 3.05. The maximum Gasteiger partial charge on any atom is 0.707 e. The van der Waals surface area contributed by atoms with Crippen LogP contribution in [0.1, 0.15) is 6.92 Å². The summed E-state index contributed by atoms with van der Waals surface area (Å²) < 4.78 is 28.0. The van der Waals surface area contributed by atoms with Gasteiger partial charge in [0.2, 0.25) is 0 Å². The van der Waals surface area contributed by atoms with E-state index in [0.717, 1.165) is 6.07 Å². The van der Waals surface area contributed by atoms with Crippen LogP contribution in [0, 0.1) is 5.82 Å². The Morgan fingerprint density at radius 1 is 1.29 bits per heavy atom. The van der Waals surface area contributed by atoms with Crippen LogP contribution < -0.4 is 9.39 Å². The van der Waals surface area contributed by atoms with Gasteiger partial charge in [-0.2, -0.15) is 0 Å². The van der Waals surface area contributed by atoms with E-state index in [1.54, 1.807) is 0 Å². The number of ether oxygens (including phenoxy) is 2. The Hall–Kier alpha value is -1.31. The van der Waals surface area contributed by atoms with E-state index in [4.69, 9.17) is 19.5 Å². The van der Waals surface area contributed by atoms with Crippen LogP contribution in [0.5, 0.6) is 11.5 Å². The molecule has 0 saturated heterocycles. The van der Waals surface area contributed by atoms with Crippen LogP contribution in [0.15, 0.2) is 18.2 Å². The molecule has 0 spiro atoms. The summed E-state index contributed by atoms with van der Waals surface area (Å²) in [5, 5.41) is 17.1. The molecule has 2 N–H and O–H groups in total. The molecule has 0 aromatic heterocycles. The zero-order valence-electron chi connectivity index (χ0n) is 9.43. The Labute approximate surface area is 98.9 Å². The Morgan fingerprint density at radius 2 is 2.06 bits per heavy atom. The van der Waals surface area contributed by atoms with Gasteiger partial charge >= 0.3 is 7.32 Å². The number of rotatable bonds is 7. The van der Waals surface area contributed by atoms with Crippen molar-refractivity contribution in [2.75, 3.05) is 19.8 Å². The van der Waals surface area contributed by atoms with Gasteiger partial charge in [0.15, 0.2) is 11.6 Å². The largest absolute Gasteiger partial charge is 0.707 e. The van der Waals surface area contributed by atoms with Crippen molar-refractivity contribution in [2.24, 2.45) is 0 Å². The molecule has 7 heteroatoms. The van der Waals surface area contributed by atoms with Gasteiger partial charge in [0.05, 0.1) is 6.61 Å². The SMILES string of the molecule is CCOCCOc1ccc(OB(O)O)cc1F. The van der Waals surface area contributed by atoms with Gasteiger partial charge in [-0.25, -0.2) is 4.39 Å². The molecule has 1 rings (SSSR count). The molecule has 0 aliphatic rings. The van der Waals surface area contributed by atoms with Gasteiger partial charge in [0, 0.05) is 12.7 Å². The number of benzene rings is 1. The predicted octanol–water partition coefficient (Wildman–Crippen LogP) is 0.589. The minimum atomic E-state index is -1.97. The summed E-state index contributed by atoms with van der Waals surface area (Å²) in [5.41, 5.74) is 0. The zero-order chi connectivity index (χ0) is 12.7. The molecule has 1 aromatic rings. The van der Waals surface area contributed by atoms with Gasteiger partial charge < -0.3 is 24.2 Å². The fourth-order valence-corrected chi connectivity index (χ4v) is 1.15. The van der Waals surface area contributed by atoms with Crippen molar-refractivity contribution in [3.63, 3.8) is 0 Å². The van der Waals surface area contributed by atoms with E-state index in [0.29, 0.717) is 13.2 Å². The Morgan fingerprint density at radius 3 is 2.65 bits per heavy atom. The molecule has 17 heavy (non-hydrogen) atoms. The first-order valence-electron chi connectivity index (χ1n) is 5.16. The molecule has 0 aliphatic heterocycles. The summed E-state index contributed by atoms with van der Waals surface area (Å²) in [4.78, 5) is 0. The van der Waals surface area contributed by atoms with E-state index in [9.17, 15) is 4.39 Å². The van der Waals surface area contributed by atoms with E-state index in [-0.39, 0.29) is 18.1 Å². The van der Waals surface area contributed by atoms with E-state index >= 15 is 0 Å². The normalized spacial score (nSPS) is 10.1. The third kappa shape index (κ3) is 5.03. The van der Waals surface area contributed by atoms with Gasteiger partial charge in [-0.3, -0.25) is 0 Å². The average molecular weight is 244 g/mol. The van der Waals surface area contributed by atoms with E-state index in [2.05, 4.69) is 4.65 Å². The van der Waals surface area contributed by atoms with Gasteiger partial charge in [0.1, 0.15) is 12.4 Å². The molecule has 0 unspecified atom stereocenters. The van der Waals surface area contributed by atoms with Crippen LogP contribution in [0.25, 0.3) is 0 Å². The highest BCUT2D eigenvalue weighted by Crippen LogP contribution is 2.22. The zero-order valence-corrected chi connectivity index (χ0v) is 9.43. The lowest BCUT2D eigenvalue weighted by Gasteiger charge is -2.09. The van der Waals surface area contributed by atoms with Crippen LogP contribution in [0.4, 0.5) is 4.39 Å². The van der Waals surface area contributed by atoms with Crippen LogP contribution in [-0.2, 0) is 4.74 Å². The minimum absolute atomic E-state index is 0.00894. The Bertz CT molecular complexity index is 347. The molecule has 0 aliphatic carbocycles. The summed E-state index contributed by atoms with van der Waals surface area (Å²) in [6, 6.07) is 3.73. The lowest BCUT2D eigenvalue weighted by molar-refractivity contribution is 0.108. The van der Waals surface area contributed by atoms with Gasteiger partial charge in [-0.15, -0.1) is 0 Å². The fourth-order valence-electron chi connectivity index (χ4n) is 1.15. The van der Waals surface area contributed by atoms with E-state index in [1.807, 2.05) is 6.92 Å². The van der Waals surface area contributed by atoms with Crippen molar-refractivity contribution >= 4 is 7.32 Å². The van der Waals surface area contributed by atoms with Crippen molar-refractivity contribution in [1.29, 1.82) is 0 Å². The predicted molar refractivity (Wildman–Crippen MR) is 59.2 cm³/mol. The second-order valence-electron chi connectivity index (χ2n) is 3.08. The van der Waals surface area contributed by atoms with Crippen LogP contribution in [0.3, 0.4) is 0 Å². The highest BCUT2D eigenvalue weighted by atomic mass is 19.1. The van der Waals surface area contributed by atoms with Crippen molar-refractivity contribution < 1.29 is 28.6 Å². The second kappa shape index (κ2) is 7.11. The monoisotopic (exact) mass is 244 g/mol. The lowest BCUT2D eigenvalue weighted by Crippen LogP contribution is -2.20. The van der Waals surface area contributed by atoms with Crippen molar-refractivity contribution in [2.45, 2.75) is 6.92 Å². The smallest absolute Gasteiger partial charge is 0.512 e. The Kier molecular flexibility index (Phi) is 5.75. The van der Waals surface area contributed by atoms with Crippen molar-refractivity contribution in [3.8, 4) is 11.5 Å². The van der Waals surface area contributed by atoms with Gasteiger partial charge in [0.25, 0.3) is 0 Å². The first-order chi connectivity index (χ1) is 8.13. The summed E-state index contributed by atoms with van der Waals surface area (Å²) in [6.07, 6.45) is 0. The van der Waals surface area contributed by atoms with Crippen molar-refractivity contribution in [1.82, 2.24) is 0 Å². The van der Waals surface area contributed by atoms with E-state index in [1.165, 1.54) is 12.1 Å². The van der Waals surface area contributed by atoms with Gasteiger partial charge in [-0.1, -0.05) is 0 Å². The van der Waals surface area contributed by atoms with Crippen LogP contribution in [-0.4, -0.2) is 37.2 Å². The number of halogens is 1. The molecule has 0 atom stereocenters. The summed E-state index contributed by atoms with van der Waals surface area (Å²) in [7, 11) is -1.97. The maximum atomic E-state index is 13.4. The third-order valence-corrected chi connectivity index (χ3v) is 1.83. The second-order valence-corrected chi connectivity index (χ2v) is 3.08. The topological polar surface area (TPSA) is 68.2 Å². The Balaban J connectivity index is 2.51. The quantitative estimate of drug-likeness (QED) is 0.542. The van der Waals surface area contributed by atoms with Crippen molar-refractivity contribution in [3.05, 3.63) is 24.0 Å². The molecule has 0 heterocycles.